The Kier molecular flexibility index (Phi) is 6.25. The number of likely N-dealkylation sites (tertiary alicyclic amines) is 1. The van der Waals surface area contributed by atoms with Crippen LogP contribution in [0.3, 0.4) is 0 Å². The third-order valence-corrected chi connectivity index (χ3v) is 5.24. The third kappa shape index (κ3) is 4.81. The van der Waals surface area contributed by atoms with E-state index >= 15 is 0 Å². The van der Waals surface area contributed by atoms with Crippen molar-refractivity contribution in [1.82, 2.24) is 15.5 Å². The lowest BCUT2D eigenvalue weighted by atomic mass is 9.84. The molecule has 6 heteroatoms. The first-order valence-electron chi connectivity index (χ1n) is 9.65. The molecule has 0 amide bonds. The van der Waals surface area contributed by atoms with Gasteiger partial charge in [0.05, 0.1) is 0 Å². The molecule has 0 aromatic heterocycles. The molecule has 6 nitrogen and oxygen atoms in total. The molecule has 144 valence electrons. The topological polar surface area (TPSA) is 58.1 Å². The van der Waals surface area contributed by atoms with Gasteiger partial charge < -0.3 is 25.0 Å². The number of fused-ring (bicyclic) bond motifs is 1. The highest BCUT2D eigenvalue weighted by Crippen LogP contribution is 2.36. The smallest absolute Gasteiger partial charge is 0.231 e. The highest BCUT2D eigenvalue weighted by atomic mass is 16.7. The van der Waals surface area contributed by atoms with Crippen LogP contribution in [0.1, 0.15) is 38.7 Å². The molecule has 3 rings (SSSR count). The van der Waals surface area contributed by atoms with Crippen molar-refractivity contribution in [3.8, 4) is 11.5 Å². The molecule has 1 fully saturated rings. The summed E-state index contributed by atoms with van der Waals surface area (Å²) in [5, 5.41) is 6.90. The number of ether oxygens (including phenoxy) is 2. The standard InChI is InChI=1S/C20H32N4O2/c1-20(2,16-7-8-17-18(13-16)26-15-25-17)14-23-19(21-3)22-9-12-24-10-5-4-6-11-24/h7-8,13H,4-6,9-12,14-15H2,1-3H3,(H2,21,22,23). The fourth-order valence-corrected chi connectivity index (χ4v) is 3.46. The number of benzene rings is 1. The van der Waals surface area contributed by atoms with Gasteiger partial charge in [-0.1, -0.05) is 26.3 Å². The number of nitrogens with zero attached hydrogens (tertiary/aromatic N) is 2. The van der Waals surface area contributed by atoms with Crippen molar-refractivity contribution >= 4 is 5.96 Å². The third-order valence-electron chi connectivity index (χ3n) is 5.24. The van der Waals surface area contributed by atoms with Crippen LogP contribution in [0.25, 0.3) is 0 Å². The average molecular weight is 361 g/mol. The van der Waals surface area contributed by atoms with E-state index in [1.54, 1.807) is 0 Å². The van der Waals surface area contributed by atoms with Gasteiger partial charge in [0.1, 0.15) is 0 Å². The molecular weight excluding hydrogens is 328 g/mol. The minimum Gasteiger partial charge on any atom is -0.454 e. The largest absolute Gasteiger partial charge is 0.454 e. The molecule has 1 saturated heterocycles. The van der Waals surface area contributed by atoms with Gasteiger partial charge in [0.15, 0.2) is 17.5 Å². The van der Waals surface area contributed by atoms with Crippen molar-refractivity contribution in [1.29, 1.82) is 0 Å². The lowest BCUT2D eigenvalue weighted by Crippen LogP contribution is -2.46. The van der Waals surface area contributed by atoms with Crippen LogP contribution in [0.4, 0.5) is 0 Å². The highest BCUT2D eigenvalue weighted by Gasteiger charge is 2.24. The van der Waals surface area contributed by atoms with Gasteiger partial charge in [-0.3, -0.25) is 4.99 Å². The molecule has 0 spiro atoms. The first-order chi connectivity index (χ1) is 12.6. The summed E-state index contributed by atoms with van der Waals surface area (Å²) in [4.78, 5) is 6.88. The number of aliphatic imine (C=N–C) groups is 1. The monoisotopic (exact) mass is 360 g/mol. The number of hydrogen-bond acceptors (Lipinski definition) is 4. The second kappa shape index (κ2) is 8.62. The zero-order valence-corrected chi connectivity index (χ0v) is 16.3. The molecule has 2 aliphatic heterocycles. The van der Waals surface area contributed by atoms with Crippen molar-refractivity contribution in [3.63, 3.8) is 0 Å². The van der Waals surface area contributed by atoms with Crippen molar-refractivity contribution < 1.29 is 9.47 Å². The summed E-state index contributed by atoms with van der Waals surface area (Å²) in [6.45, 7) is 9.99. The molecule has 0 aliphatic carbocycles. The number of piperidine rings is 1. The first-order valence-corrected chi connectivity index (χ1v) is 9.65. The SMILES string of the molecule is CN=C(NCCN1CCCCC1)NCC(C)(C)c1ccc2c(c1)OCO2. The molecule has 0 atom stereocenters. The van der Waals surface area contributed by atoms with Gasteiger partial charge in [0.25, 0.3) is 0 Å². The van der Waals surface area contributed by atoms with Gasteiger partial charge in [-0.25, -0.2) is 0 Å². The molecule has 1 aromatic carbocycles. The number of hydrogen-bond donors (Lipinski definition) is 2. The van der Waals surface area contributed by atoms with Crippen LogP contribution in [0, 0.1) is 0 Å². The van der Waals surface area contributed by atoms with Crippen LogP contribution >= 0.6 is 0 Å². The Balaban J connectivity index is 1.47. The zero-order chi connectivity index (χ0) is 18.4. The van der Waals surface area contributed by atoms with E-state index in [-0.39, 0.29) is 5.41 Å². The zero-order valence-electron chi connectivity index (χ0n) is 16.3. The Hall–Kier alpha value is -1.95. The quantitative estimate of drug-likeness (QED) is 0.602. The fourth-order valence-electron chi connectivity index (χ4n) is 3.46. The second-order valence-electron chi connectivity index (χ2n) is 7.71. The molecular formula is C20H32N4O2. The minimum absolute atomic E-state index is 0.0501. The van der Waals surface area contributed by atoms with Crippen molar-refractivity contribution in [2.24, 2.45) is 4.99 Å². The molecule has 2 N–H and O–H groups in total. The maximum Gasteiger partial charge on any atom is 0.231 e. The summed E-state index contributed by atoms with van der Waals surface area (Å²) in [5.74, 6) is 2.52. The summed E-state index contributed by atoms with van der Waals surface area (Å²) in [7, 11) is 1.82. The fraction of sp³-hybridized carbons (Fsp3) is 0.650. The predicted octanol–water partition coefficient (Wildman–Crippen LogP) is 2.34. The Morgan fingerprint density at radius 1 is 1.12 bits per heavy atom. The number of nitrogens with one attached hydrogen (secondary N) is 2. The van der Waals surface area contributed by atoms with Crippen LogP contribution in [0.2, 0.25) is 0 Å². The molecule has 0 bridgehead atoms. The average Bonchev–Trinajstić information content (AvgIpc) is 3.13. The van der Waals surface area contributed by atoms with E-state index in [1.807, 2.05) is 13.1 Å². The number of guanidine groups is 1. The molecule has 0 unspecified atom stereocenters. The Morgan fingerprint density at radius 2 is 1.88 bits per heavy atom. The van der Waals surface area contributed by atoms with E-state index in [0.717, 1.165) is 37.1 Å². The normalized spacial score (nSPS) is 18.0. The van der Waals surface area contributed by atoms with Gasteiger partial charge in [-0.05, 0) is 43.6 Å². The summed E-state index contributed by atoms with van der Waals surface area (Å²) >= 11 is 0. The predicted molar refractivity (Wildman–Crippen MR) is 105 cm³/mol. The van der Waals surface area contributed by atoms with E-state index in [4.69, 9.17) is 9.47 Å². The van der Waals surface area contributed by atoms with Crippen LogP contribution in [-0.4, -0.2) is 57.4 Å². The Morgan fingerprint density at radius 3 is 2.65 bits per heavy atom. The summed E-state index contributed by atoms with van der Waals surface area (Å²) in [5.41, 5.74) is 1.17. The maximum atomic E-state index is 5.51. The lowest BCUT2D eigenvalue weighted by Gasteiger charge is -2.28. The van der Waals surface area contributed by atoms with Gasteiger partial charge in [0.2, 0.25) is 6.79 Å². The van der Waals surface area contributed by atoms with E-state index in [9.17, 15) is 0 Å². The van der Waals surface area contributed by atoms with Crippen molar-refractivity contribution in [3.05, 3.63) is 23.8 Å². The molecule has 26 heavy (non-hydrogen) atoms. The first kappa shape index (κ1) is 18.8. The minimum atomic E-state index is -0.0501. The van der Waals surface area contributed by atoms with Crippen molar-refractivity contribution in [2.75, 3.05) is 46.6 Å². The second-order valence-corrected chi connectivity index (χ2v) is 7.71. The van der Waals surface area contributed by atoms with Crippen LogP contribution < -0.4 is 20.1 Å². The number of rotatable bonds is 6. The Labute approximate surface area is 157 Å². The summed E-state index contributed by atoms with van der Waals surface area (Å²) < 4.78 is 10.9. The van der Waals surface area contributed by atoms with E-state index < -0.39 is 0 Å². The lowest BCUT2D eigenvalue weighted by molar-refractivity contribution is 0.174. The maximum absolute atomic E-state index is 5.51. The summed E-state index contributed by atoms with van der Waals surface area (Å²) in [6.07, 6.45) is 4.04. The van der Waals surface area contributed by atoms with Crippen LogP contribution in [0.5, 0.6) is 11.5 Å². The van der Waals surface area contributed by atoms with E-state index in [0.29, 0.717) is 6.79 Å². The van der Waals surface area contributed by atoms with E-state index in [2.05, 4.69) is 46.5 Å². The van der Waals surface area contributed by atoms with Crippen LogP contribution in [-0.2, 0) is 5.41 Å². The summed E-state index contributed by atoms with van der Waals surface area (Å²) in [6, 6.07) is 6.18. The molecule has 2 heterocycles. The molecule has 1 aromatic rings. The van der Waals surface area contributed by atoms with Gasteiger partial charge in [0, 0.05) is 32.1 Å². The van der Waals surface area contributed by atoms with Gasteiger partial charge in [-0.15, -0.1) is 0 Å². The van der Waals surface area contributed by atoms with Crippen molar-refractivity contribution in [2.45, 2.75) is 38.5 Å². The molecule has 2 aliphatic rings. The van der Waals surface area contributed by atoms with Gasteiger partial charge in [-0.2, -0.15) is 0 Å². The van der Waals surface area contributed by atoms with E-state index in [1.165, 1.54) is 37.9 Å². The highest BCUT2D eigenvalue weighted by molar-refractivity contribution is 5.79. The Bertz CT molecular complexity index is 624. The van der Waals surface area contributed by atoms with Gasteiger partial charge >= 0.3 is 0 Å². The van der Waals surface area contributed by atoms with Crippen LogP contribution in [0.15, 0.2) is 23.2 Å². The molecule has 0 saturated carbocycles. The molecule has 0 radical (unpaired) electrons.